The number of hydrogen-bond donors (Lipinski definition) is 3. The Labute approximate surface area is 336 Å². The second-order valence-electron chi connectivity index (χ2n) is 16.9. The van der Waals surface area contributed by atoms with Gasteiger partial charge in [0.1, 0.15) is 6.10 Å². The molecular formula is C48H95NO5. The van der Waals surface area contributed by atoms with Crippen LogP contribution in [0.15, 0.2) is 0 Å². The molecule has 0 rings (SSSR count). The fourth-order valence-corrected chi connectivity index (χ4v) is 7.73. The van der Waals surface area contributed by atoms with Gasteiger partial charge in [-0.25, -0.2) is 0 Å². The molecule has 6 heteroatoms. The first-order chi connectivity index (χ1) is 26.5. The molecule has 0 radical (unpaired) electrons. The first-order valence-electron chi connectivity index (χ1n) is 24.3. The minimum atomic E-state index is -0.777. The van der Waals surface area contributed by atoms with Gasteiger partial charge in [-0.15, -0.1) is 0 Å². The molecule has 6 nitrogen and oxygen atoms in total. The van der Waals surface area contributed by atoms with Crippen molar-refractivity contribution in [3.05, 3.63) is 0 Å². The topological polar surface area (TPSA) is 95.9 Å². The van der Waals surface area contributed by atoms with Crippen LogP contribution in [0.2, 0.25) is 0 Å². The van der Waals surface area contributed by atoms with Crippen LogP contribution in [0.1, 0.15) is 271 Å². The lowest BCUT2D eigenvalue weighted by Crippen LogP contribution is -2.46. The lowest BCUT2D eigenvalue weighted by atomic mass is 10.0. The maximum atomic E-state index is 13.1. The number of rotatable bonds is 44. The summed E-state index contributed by atoms with van der Waals surface area (Å²) in [4.78, 5) is 26.0. The lowest BCUT2D eigenvalue weighted by molar-refractivity contribution is -0.151. The van der Waals surface area contributed by atoms with Crippen LogP contribution in [0.25, 0.3) is 0 Å². The summed E-state index contributed by atoms with van der Waals surface area (Å²) in [5.41, 5.74) is 0. The van der Waals surface area contributed by atoms with Crippen molar-refractivity contribution in [3.8, 4) is 0 Å². The number of ether oxygens (including phenoxy) is 1. The highest BCUT2D eigenvalue weighted by molar-refractivity contribution is 5.77. The number of unbranched alkanes of at least 4 members (excludes halogenated alkanes) is 32. The first kappa shape index (κ1) is 52.9. The molecule has 0 fully saturated rings. The van der Waals surface area contributed by atoms with E-state index >= 15 is 0 Å². The molecule has 0 saturated carbocycles. The summed E-state index contributed by atoms with van der Waals surface area (Å²) in [6.45, 7) is 6.48. The third-order valence-corrected chi connectivity index (χ3v) is 11.4. The lowest BCUT2D eigenvalue weighted by Gasteiger charge is -2.24. The molecule has 0 aliphatic carbocycles. The number of amides is 1. The largest absolute Gasteiger partial charge is 0.462 e. The summed E-state index contributed by atoms with van der Waals surface area (Å²) in [6.07, 6.45) is 44.4. The first-order valence-corrected chi connectivity index (χ1v) is 24.3. The van der Waals surface area contributed by atoms with Crippen LogP contribution in [0.4, 0.5) is 0 Å². The Morgan fingerprint density at radius 3 is 1.13 bits per heavy atom. The van der Waals surface area contributed by atoms with Gasteiger partial charge in [-0.3, -0.25) is 9.59 Å². The molecule has 0 bridgehead atoms. The van der Waals surface area contributed by atoms with Gasteiger partial charge in [0, 0.05) is 6.42 Å². The molecule has 3 atom stereocenters. The molecular weight excluding hydrogens is 671 g/mol. The summed E-state index contributed by atoms with van der Waals surface area (Å²) in [5.74, 6) is -0.456. The Bertz CT molecular complexity index is 776. The van der Waals surface area contributed by atoms with E-state index in [4.69, 9.17) is 4.74 Å². The second-order valence-corrected chi connectivity index (χ2v) is 16.9. The van der Waals surface area contributed by atoms with Gasteiger partial charge in [-0.1, -0.05) is 233 Å². The van der Waals surface area contributed by atoms with Crippen molar-refractivity contribution in [2.75, 3.05) is 6.61 Å². The number of aliphatic hydroxyl groups excluding tert-OH is 2. The van der Waals surface area contributed by atoms with Gasteiger partial charge < -0.3 is 20.3 Å². The maximum absolute atomic E-state index is 13.1. The van der Waals surface area contributed by atoms with E-state index in [1.165, 1.54) is 186 Å². The summed E-state index contributed by atoms with van der Waals surface area (Å²) in [5, 5.41) is 23.7. The molecule has 0 aliphatic rings. The summed E-state index contributed by atoms with van der Waals surface area (Å²) < 4.78 is 5.92. The number of nitrogens with one attached hydrogen (secondary N) is 1. The molecule has 0 spiro atoms. The predicted molar refractivity (Wildman–Crippen MR) is 232 cm³/mol. The van der Waals surface area contributed by atoms with E-state index < -0.39 is 18.2 Å². The van der Waals surface area contributed by atoms with Crippen LogP contribution in [-0.4, -0.2) is 46.9 Å². The van der Waals surface area contributed by atoms with Gasteiger partial charge in [-0.05, 0) is 25.7 Å². The van der Waals surface area contributed by atoms with Crippen molar-refractivity contribution in [2.24, 2.45) is 0 Å². The normalized spacial score (nSPS) is 13.2. The second kappa shape index (κ2) is 43.0. The van der Waals surface area contributed by atoms with E-state index in [9.17, 15) is 19.8 Å². The van der Waals surface area contributed by atoms with Crippen LogP contribution in [0.5, 0.6) is 0 Å². The van der Waals surface area contributed by atoms with Crippen molar-refractivity contribution in [3.63, 3.8) is 0 Å². The van der Waals surface area contributed by atoms with Crippen LogP contribution >= 0.6 is 0 Å². The van der Waals surface area contributed by atoms with Crippen molar-refractivity contribution >= 4 is 11.9 Å². The third-order valence-electron chi connectivity index (χ3n) is 11.4. The van der Waals surface area contributed by atoms with Gasteiger partial charge in [0.05, 0.1) is 25.2 Å². The Balaban J connectivity index is 4.51. The number of esters is 1. The van der Waals surface area contributed by atoms with E-state index in [1.54, 1.807) is 0 Å². The van der Waals surface area contributed by atoms with E-state index in [2.05, 4.69) is 26.1 Å². The highest BCUT2D eigenvalue weighted by atomic mass is 16.5. The van der Waals surface area contributed by atoms with Gasteiger partial charge in [0.2, 0.25) is 5.91 Å². The molecule has 0 aromatic heterocycles. The summed E-state index contributed by atoms with van der Waals surface area (Å²) >= 11 is 0. The van der Waals surface area contributed by atoms with Crippen LogP contribution in [0, 0.1) is 0 Å². The van der Waals surface area contributed by atoms with Crippen LogP contribution in [0.3, 0.4) is 0 Å². The Morgan fingerprint density at radius 2 is 0.778 bits per heavy atom. The number of aliphatic hydroxyl groups is 2. The molecule has 0 heterocycles. The predicted octanol–water partition coefficient (Wildman–Crippen LogP) is 14.0. The molecule has 3 N–H and O–H groups in total. The van der Waals surface area contributed by atoms with Crippen molar-refractivity contribution in [2.45, 2.75) is 289 Å². The maximum Gasteiger partial charge on any atom is 0.306 e. The molecule has 322 valence electrons. The Hall–Kier alpha value is -1.14. The smallest absolute Gasteiger partial charge is 0.306 e. The standard InChI is InChI=1S/C48H95NO5/c1-4-7-10-13-16-19-22-23-26-29-32-35-38-41-48(53)54-44(39-36-33-30-27-24-20-17-14-11-8-5-2)42-47(52)49-45(43-50)46(51)40-37-34-31-28-25-21-18-15-12-9-6-3/h44-46,50-51H,4-43H2,1-3H3,(H,49,52). The van der Waals surface area contributed by atoms with Gasteiger partial charge in [-0.2, -0.15) is 0 Å². The molecule has 0 aromatic carbocycles. The Morgan fingerprint density at radius 1 is 0.463 bits per heavy atom. The van der Waals surface area contributed by atoms with E-state index in [0.717, 1.165) is 38.5 Å². The van der Waals surface area contributed by atoms with Crippen molar-refractivity contribution in [1.29, 1.82) is 0 Å². The zero-order chi connectivity index (χ0) is 39.6. The highest BCUT2D eigenvalue weighted by Gasteiger charge is 2.24. The minimum absolute atomic E-state index is 0.0871. The third kappa shape index (κ3) is 37.8. The van der Waals surface area contributed by atoms with E-state index in [0.29, 0.717) is 19.3 Å². The van der Waals surface area contributed by atoms with Crippen molar-refractivity contribution in [1.82, 2.24) is 5.32 Å². The van der Waals surface area contributed by atoms with Gasteiger partial charge in [0.15, 0.2) is 0 Å². The number of carbonyl (C=O) groups excluding carboxylic acids is 2. The van der Waals surface area contributed by atoms with Crippen molar-refractivity contribution < 1.29 is 24.5 Å². The summed E-state index contributed by atoms with van der Waals surface area (Å²) in [7, 11) is 0. The zero-order valence-corrected chi connectivity index (χ0v) is 36.6. The van der Waals surface area contributed by atoms with Crippen LogP contribution in [-0.2, 0) is 14.3 Å². The van der Waals surface area contributed by atoms with Gasteiger partial charge in [0.25, 0.3) is 0 Å². The number of carbonyl (C=O) groups is 2. The fraction of sp³-hybridized carbons (Fsp3) is 0.958. The Kier molecular flexibility index (Phi) is 42.1. The average Bonchev–Trinajstić information content (AvgIpc) is 3.16. The molecule has 0 aromatic rings. The molecule has 54 heavy (non-hydrogen) atoms. The summed E-state index contributed by atoms with van der Waals surface area (Å²) in [6, 6.07) is -0.690. The molecule has 0 aliphatic heterocycles. The molecule has 3 unspecified atom stereocenters. The van der Waals surface area contributed by atoms with E-state index in [1.807, 2.05) is 0 Å². The monoisotopic (exact) mass is 766 g/mol. The average molecular weight is 766 g/mol. The van der Waals surface area contributed by atoms with Gasteiger partial charge >= 0.3 is 5.97 Å². The van der Waals surface area contributed by atoms with E-state index in [-0.39, 0.29) is 24.9 Å². The quantitative estimate of drug-likeness (QED) is 0.0424. The SMILES string of the molecule is CCCCCCCCCCCCCCCC(=O)OC(CCCCCCCCCCCCC)CC(=O)NC(CO)C(O)CCCCCCCCCCCCC. The van der Waals surface area contributed by atoms with Crippen LogP contribution < -0.4 is 5.32 Å². The number of hydrogen-bond acceptors (Lipinski definition) is 5. The fourth-order valence-electron chi connectivity index (χ4n) is 7.73. The highest BCUT2D eigenvalue weighted by Crippen LogP contribution is 2.18. The molecule has 0 saturated heterocycles. The minimum Gasteiger partial charge on any atom is -0.462 e. The zero-order valence-electron chi connectivity index (χ0n) is 36.6. The molecule has 1 amide bonds.